The van der Waals surface area contributed by atoms with Crippen molar-refractivity contribution in [2.24, 2.45) is 11.1 Å². The van der Waals surface area contributed by atoms with Crippen LogP contribution in [-0.4, -0.2) is 12.5 Å². The first-order chi connectivity index (χ1) is 8.49. The Bertz CT molecular complexity index is 481. The summed E-state index contributed by atoms with van der Waals surface area (Å²) in [6, 6.07) is 7.47. The second-order valence-corrected chi connectivity index (χ2v) is 4.78. The van der Waals surface area contributed by atoms with Crippen molar-refractivity contribution in [2.75, 3.05) is 11.9 Å². The summed E-state index contributed by atoms with van der Waals surface area (Å²) < 4.78 is 0. The van der Waals surface area contributed by atoms with Gasteiger partial charge in [0.25, 0.3) is 0 Å². The molecule has 3 nitrogen and oxygen atoms in total. The van der Waals surface area contributed by atoms with E-state index >= 15 is 0 Å². The predicted octanol–water partition coefficient (Wildman–Crippen LogP) is 2.37. The lowest BCUT2D eigenvalue weighted by Gasteiger charge is -2.21. The predicted molar refractivity (Wildman–Crippen MR) is 75.1 cm³/mol. The highest BCUT2D eigenvalue weighted by atomic mass is 16.2. The van der Waals surface area contributed by atoms with E-state index in [0.29, 0.717) is 6.54 Å². The minimum Gasteiger partial charge on any atom is -0.326 e. The van der Waals surface area contributed by atoms with E-state index in [4.69, 9.17) is 5.73 Å². The Morgan fingerprint density at radius 1 is 1.44 bits per heavy atom. The second-order valence-electron chi connectivity index (χ2n) is 4.78. The molecule has 3 N–H and O–H groups in total. The molecule has 0 atom stereocenters. The highest BCUT2D eigenvalue weighted by molar-refractivity contribution is 5.94. The summed E-state index contributed by atoms with van der Waals surface area (Å²) >= 11 is 0. The van der Waals surface area contributed by atoms with Crippen LogP contribution in [0.25, 0.3) is 0 Å². The van der Waals surface area contributed by atoms with Crippen LogP contribution in [0.3, 0.4) is 0 Å². The first-order valence-electron chi connectivity index (χ1n) is 6.10. The van der Waals surface area contributed by atoms with Crippen LogP contribution < -0.4 is 11.1 Å². The van der Waals surface area contributed by atoms with E-state index < -0.39 is 0 Å². The summed E-state index contributed by atoms with van der Waals surface area (Å²) in [6.45, 7) is 6.20. The molecule has 18 heavy (non-hydrogen) atoms. The van der Waals surface area contributed by atoms with Gasteiger partial charge in [-0.2, -0.15) is 0 Å². The van der Waals surface area contributed by atoms with Crippen LogP contribution in [0.5, 0.6) is 0 Å². The Labute approximate surface area is 109 Å². The first-order valence-corrected chi connectivity index (χ1v) is 6.10. The lowest BCUT2D eigenvalue weighted by Crippen LogP contribution is -2.29. The highest BCUT2D eigenvalue weighted by Gasteiger charge is 2.25. The third-order valence-corrected chi connectivity index (χ3v) is 2.95. The number of nitrogens with one attached hydrogen (secondary N) is 1. The van der Waals surface area contributed by atoms with Crippen molar-refractivity contribution < 1.29 is 4.79 Å². The third kappa shape index (κ3) is 3.90. The van der Waals surface area contributed by atoms with Crippen LogP contribution in [0.4, 0.5) is 5.69 Å². The zero-order valence-electron chi connectivity index (χ0n) is 11.2. The average Bonchev–Trinajstić information content (AvgIpc) is 2.36. The molecule has 0 saturated heterocycles. The summed E-state index contributed by atoms with van der Waals surface area (Å²) in [4.78, 5) is 12.0. The zero-order chi connectivity index (χ0) is 13.6. The largest absolute Gasteiger partial charge is 0.326 e. The number of anilines is 1. The Balaban J connectivity index is 2.83. The average molecular weight is 244 g/mol. The molecule has 0 fully saturated rings. The van der Waals surface area contributed by atoms with Gasteiger partial charge >= 0.3 is 0 Å². The number of carbonyl (C=O) groups is 1. The van der Waals surface area contributed by atoms with Gasteiger partial charge in [0, 0.05) is 16.7 Å². The third-order valence-electron chi connectivity index (χ3n) is 2.95. The number of hydrogen-bond donors (Lipinski definition) is 2. The maximum atomic E-state index is 12.0. The normalized spacial score (nSPS) is 10.4. The van der Waals surface area contributed by atoms with Crippen LogP contribution in [0.2, 0.25) is 0 Å². The van der Waals surface area contributed by atoms with Crippen molar-refractivity contribution in [3.05, 3.63) is 29.8 Å². The summed E-state index contributed by atoms with van der Waals surface area (Å²) in [5.74, 6) is 5.76. The quantitative estimate of drug-likeness (QED) is 0.802. The topological polar surface area (TPSA) is 55.1 Å². The van der Waals surface area contributed by atoms with Crippen LogP contribution in [0.1, 0.15) is 32.8 Å². The monoisotopic (exact) mass is 244 g/mol. The van der Waals surface area contributed by atoms with Crippen molar-refractivity contribution in [2.45, 2.75) is 27.2 Å². The van der Waals surface area contributed by atoms with Crippen LogP contribution in [0, 0.1) is 17.3 Å². The Morgan fingerprint density at radius 2 is 2.17 bits per heavy atom. The smallest absolute Gasteiger partial charge is 0.230 e. The molecule has 1 aromatic rings. The fraction of sp³-hybridized carbons (Fsp3) is 0.400. The van der Waals surface area contributed by atoms with Crippen molar-refractivity contribution in [1.82, 2.24) is 0 Å². The van der Waals surface area contributed by atoms with E-state index in [1.807, 2.05) is 45.0 Å². The van der Waals surface area contributed by atoms with Crippen LogP contribution >= 0.6 is 0 Å². The van der Waals surface area contributed by atoms with E-state index in [0.717, 1.165) is 17.7 Å². The SMILES string of the molecule is CCC(C)(C)C(=O)Nc1cccc(C#CCN)c1. The summed E-state index contributed by atoms with van der Waals surface area (Å²) in [7, 11) is 0. The lowest BCUT2D eigenvalue weighted by molar-refractivity contribution is -0.124. The van der Waals surface area contributed by atoms with Crippen molar-refractivity contribution in [1.29, 1.82) is 0 Å². The fourth-order valence-corrected chi connectivity index (χ4v) is 1.29. The zero-order valence-corrected chi connectivity index (χ0v) is 11.2. The van der Waals surface area contributed by atoms with Gasteiger partial charge in [-0.15, -0.1) is 0 Å². The van der Waals surface area contributed by atoms with E-state index in [1.165, 1.54) is 0 Å². The van der Waals surface area contributed by atoms with Crippen molar-refractivity contribution in [3.63, 3.8) is 0 Å². The number of hydrogen-bond acceptors (Lipinski definition) is 2. The molecule has 1 aromatic carbocycles. The van der Waals surface area contributed by atoms with E-state index in [1.54, 1.807) is 0 Å². The van der Waals surface area contributed by atoms with Crippen molar-refractivity contribution >= 4 is 11.6 Å². The van der Waals surface area contributed by atoms with Gasteiger partial charge < -0.3 is 11.1 Å². The van der Waals surface area contributed by atoms with Gasteiger partial charge in [0.05, 0.1) is 6.54 Å². The summed E-state index contributed by atoms with van der Waals surface area (Å²) in [5, 5.41) is 2.91. The van der Waals surface area contributed by atoms with Crippen LogP contribution in [0.15, 0.2) is 24.3 Å². The molecule has 96 valence electrons. The molecule has 0 unspecified atom stereocenters. The van der Waals surface area contributed by atoms with E-state index in [9.17, 15) is 4.79 Å². The molecule has 0 saturated carbocycles. The molecule has 0 spiro atoms. The first kappa shape index (κ1) is 14.3. The van der Waals surface area contributed by atoms with Crippen molar-refractivity contribution in [3.8, 4) is 11.8 Å². The van der Waals surface area contributed by atoms with Gasteiger partial charge in [-0.3, -0.25) is 4.79 Å². The number of amides is 1. The van der Waals surface area contributed by atoms with Crippen LogP contribution in [-0.2, 0) is 4.79 Å². The highest BCUT2D eigenvalue weighted by Crippen LogP contribution is 2.22. The molecule has 0 aromatic heterocycles. The molecule has 0 aliphatic rings. The van der Waals surface area contributed by atoms with Gasteiger partial charge in [-0.05, 0) is 24.6 Å². The molecule has 0 bridgehead atoms. The van der Waals surface area contributed by atoms with Gasteiger partial charge in [0.1, 0.15) is 0 Å². The maximum absolute atomic E-state index is 12.0. The lowest BCUT2D eigenvalue weighted by atomic mass is 9.89. The Morgan fingerprint density at radius 3 is 2.78 bits per heavy atom. The van der Waals surface area contributed by atoms with E-state index in [-0.39, 0.29) is 11.3 Å². The number of carbonyl (C=O) groups excluding carboxylic acids is 1. The number of nitrogens with two attached hydrogens (primary N) is 1. The molecule has 1 amide bonds. The second kappa shape index (κ2) is 6.23. The molecular formula is C15H20N2O. The maximum Gasteiger partial charge on any atom is 0.230 e. The molecule has 1 rings (SSSR count). The molecule has 0 aliphatic heterocycles. The molecule has 0 aliphatic carbocycles. The van der Waals surface area contributed by atoms with Gasteiger partial charge in [0.15, 0.2) is 0 Å². The minimum atomic E-state index is -0.362. The molecule has 3 heteroatoms. The van der Waals surface area contributed by atoms with Gasteiger partial charge in [-0.1, -0.05) is 38.7 Å². The van der Waals surface area contributed by atoms with Gasteiger partial charge in [0.2, 0.25) is 5.91 Å². The number of benzene rings is 1. The Hall–Kier alpha value is -1.79. The van der Waals surface area contributed by atoms with Gasteiger partial charge in [-0.25, -0.2) is 0 Å². The summed E-state index contributed by atoms with van der Waals surface area (Å²) in [5.41, 5.74) is 6.59. The standard InChI is InChI=1S/C15H20N2O/c1-4-15(2,3)14(18)17-13-9-5-7-12(11-13)8-6-10-16/h5,7,9,11H,4,10,16H2,1-3H3,(H,17,18). The van der Waals surface area contributed by atoms with E-state index in [2.05, 4.69) is 17.2 Å². The fourth-order valence-electron chi connectivity index (χ4n) is 1.29. The number of rotatable bonds is 3. The summed E-state index contributed by atoms with van der Waals surface area (Å²) in [6.07, 6.45) is 0.797. The molecule has 0 radical (unpaired) electrons. The minimum absolute atomic E-state index is 0.0222. The molecule has 0 heterocycles. The Kier molecular flexibility index (Phi) is 4.94. The molecular weight excluding hydrogens is 224 g/mol.